The van der Waals surface area contributed by atoms with E-state index in [0.717, 1.165) is 60.6 Å². The Morgan fingerprint density at radius 3 is 2.26 bits per heavy atom. The van der Waals surface area contributed by atoms with Gasteiger partial charge in [0.15, 0.2) is 5.78 Å². The van der Waals surface area contributed by atoms with Crippen molar-refractivity contribution in [2.45, 2.75) is 96.8 Å². The number of alkyl halides is 3. The number of hydrogen-bond acceptors (Lipinski definition) is 3. The highest BCUT2D eigenvalue weighted by Crippen LogP contribution is 2.53. The highest BCUT2D eigenvalue weighted by Gasteiger charge is 2.44. The van der Waals surface area contributed by atoms with Crippen LogP contribution >= 0.6 is 0 Å². The lowest BCUT2D eigenvalue weighted by atomic mass is 9.59. The molecule has 0 amide bonds. The van der Waals surface area contributed by atoms with Gasteiger partial charge in [0.25, 0.3) is 0 Å². The van der Waals surface area contributed by atoms with E-state index in [2.05, 4.69) is 11.9 Å². The van der Waals surface area contributed by atoms with Crippen LogP contribution in [0.15, 0.2) is 30.5 Å². The van der Waals surface area contributed by atoms with Crippen LogP contribution < -0.4 is 0 Å². The topological polar surface area (TPSA) is 50.2 Å². The number of nitrogens with zero attached hydrogens (tertiary/aromatic N) is 1. The third kappa shape index (κ3) is 5.63. The molecule has 1 spiro atoms. The van der Waals surface area contributed by atoms with Gasteiger partial charge in [-0.1, -0.05) is 64.5 Å². The highest BCUT2D eigenvalue weighted by molar-refractivity contribution is 6.10. The Kier molecular flexibility index (Phi) is 7.70. The number of pyridine rings is 1. The standard InChI is InChI=1S/C23H24F3NO2.C6H12/c1-2-4-16-17(21(29)14-5-7-15(8-6-14)23(24,25)26)13-27-18-11-22(9-3-10-22)12-19(28)20(16)18;1-6-4-2-3-5-6/h5-8,13,19,28H,2-4,9-12H2,1H3;6H,2-5H2,1H3. The first kappa shape index (κ1) is 25.9. The summed E-state index contributed by atoms with van der Waals surface area (Å²) in [4.78, 5) is 17.6. The van der Waals surface area contributed by atoms with Crippen molar-refractivity contribution in [3.8, 4) is 0 Å². The Balaban J connectivity index is 0.000000421. The molecule has 1 aromatic heterocycles. The smallest absolute Gasteiger partial charge is 0.388 e. The zero-order valence-corrected chi connectivity index (χ0v) is 20.8. The van der Waals surface area contributed by atoms with Crippen LogP contribution in [-0.2, 0) is 19.0 Å². The average Bonchev–Trinajstić information content (AvgIpc) is 3.28. The van der Waals surface area contributed by atoms with E-state index in [4.69, 9.17) is 0 Å². The third-order valence-electron chi connectivity index (χ3n) is 8.09. The van der Waals surface area contributed by atoms with Crippen molar-refractivity contribution >= 4 is 5.78 Å². The molecule has 1 aromatic carbocycles. The number of carbonyl (C=O) groups is 1. The molecule has 6 heteroatoms. The number of aliphatic hydroxyl groups excluding tert-OH is 1. The number of hydrogen-bond donors (Lipinski definition) is 1. The molecule has 1 N–H and O–H groups in total. The highest BCUT2D eigenvalue weighted by atomic mass is 19.4. The fraction of sp³-hybridized carbons (Fsp3) is 0.586. The average molecular weight is 488 g/mol. The zero-order chi connectivity index (χ0) is 25.2. The quantitative estimate of drug-likeness (QED) is 0.451. The predicted molar refractivity (Wildman–Crippen MR) is 130 cm³/mol. The summed E-state index contributed by atoms with van der Waals surface area (Å²) in [5, 5.41) is 10.9. The van der Waals surface area contributed by atoms with Crippen LogP contribution in [0.1, 0.15) is 116 Å². The van der Waals surface area contributed by atoms with Gasteiger partial charge in [0.1, 0.15) is 0 Å². The molecular formula is C29H36F3NO2. The molecule has 3 aliphatic carbocycles. The molecule has 5 rings (SSSR count). The second-order valence-electron chi connectivity index (χ2n) is 10.8. The number of carbonyl (C=O) groups excluding carboxylic acids is 1. The number of benzene rings is 1. The fourth-order valence-corrected chi connectivity index (χ4v) is 5.95. The Bertz CT molecular complexity index is 1040. The van der Waals surface area contributed by atoms with Crippen LogP contribution in [0.4, 0.5) is 13.2 Å². The van der Waals surface area contributed by atoms with Crippen LogP contribution in [0.2, 0.25) is 0 Å². The van der Waals surface area contributed by atoms with E-state index in [9.17, 15) is 23.1 Å². The summed E-state index contributed by atoms with van der Waals surface area (Å²) in [5.41, 5.74) is 2.36. The van der Waals surface area contributed by atoms with Gasteiger partial charge in [-0.25, -0.2) is 0 Å². The van der Waals surface area contributed by atoms with E-state index >= 15 is 0 Å². The molecule has 0 bridgehead atoms. The molecule has 2 aromatic rings. The molecule has 35 heavy (non-hydrogen) atoms. The van der Waals surface area contributed by atoms with Gasteiger partial charge < -0.3 is 5.11 Å². The van der Waals surface area contributed by atoms with E-state index in [-0.39, 0.29) is 16.8 Å². The summed E-state index contributed by atoms with van der Waals surface area (Å²) in [6, 6.07) is 4.27. The first-order valence-electron chi connectivity index (χ1n) is 13.0. The fourth-order valence-electron chi connectivity index (χ4n) is 5.95. The SMILES string of the molecule is CC1CCCC1.CCCc1c(C(=O)c2ccc(C(F)(F)F)cc2)cnc2c1C(O)CC1(CCC1)C2. The van der Waals surface area contributed by atoms with Crippen molar-refractivity contribution < 1.29 is 23.1 Å². The molecule has 1 atom stereocenters. The van der Waals surface area contributed by atoms with E-state index in [1.165, 1.54) is 44.2 Å². The normalized spacial score (nSPS) is 21.1. The molecule has 1 heterocycles. The minimum Gasteiger partial charge on any atom is -0.388 e. The molecule has 3 aliphatic rings. The van der Waals surface area contributed by atoms with Crippen LogP contribution in [0.25, 0.3) is 0 Å². The van der Waals surface area contributed by atoms with Gasteiger partial charge in [0.05, 0.1) is 11.7 Å². The second kappa shape index (κ2) is 10.4. The van der Waals surface area contributed by atoms with Gasteiger partial charge >= 0.3 is 6.18 Å². The summed E-state index contributed by atoms with van der Waals surface area (Å²) >= 11 is 0. The molecule has 0 radical (unpaired) electrons. The number of rotatable bonds is 4. The minimum absolute atomic E-state index is 0.141. The Morgan fingerprint density at radius 2 is 1.77 bits per heavy atom. The van der Waals surface area contributed by atoms with Gasteiger partial charge in [0.2, 0.25) is 0 Å². The minimum atomic E-state index is -4.44. The Morgan fingerprint density at radius 1 is 1.11 bits per heavy atom. The molecule has 2 saturated carbocycles. The summed E-state index contributed by atoms with van der Waals surface area (Å²) < 4.78 is 38.4. The summed E-state index contributed by atoms with van der Waals surface area (Å²) in [6.07, 6.45) is 8.71. The van der Waals surface area contributed by atoms with Crippen molar-refractivity contribution in [3.05, 3.63) is 64.0 Å². The lowest BCUT2D eigenvalue weighted by molar-refractivity contribution is -0.137. The molecule has 0 aliphatic heterocycles. The van der Waals surface area contributed by atoms with Crippen molar-refractivity contribution in [2.24, 2.45) is 11.3 Å². The molecule has 0 saturated heterocycles. The summed E-state index contributed by atoms with van der Waals surface area (Å²) in [6.45, 7) is 4.34. The van der Waals surface area contributed by atoms with Crippen LogP contribution in [0.5, 0.6) is 0 Å². The second-order valence-corrected chi connectivity index (χ2v) is 10.8. The summed E-state index contributed by atoms with van der Waals surface area (Å²) in [5.74, 6) is 0.693. The number of aliphatic hydroxyl groups is 1. The van der Waals surface area contributed by atoms with Crippen molar-refractivity contribution in [3.63, 3.8) is 0 Å². The largest absolute Gasteiger partial charge is 0.416 e. The van der Waals surface area contributed by atoms with Crippen LogP contribution in [0.3, 0.4) is 0 Å². The van der Waals surface area contributed by atoms with Crippen molar-refractivity contribution in [1.29, 1.82) is 0 Å². The zero-order valence-electron chi connectivity index (χ0n) is 20.8. The van der Waals surface area contributed by atoms with Gasteiger partial charge in [-0.05, 0) is 61.1 Å². The lowest BCUT2D eigenvalue weighted by Crippen LogP contribution is -2.38. The molecule has 1 unspecified atom stereocenters. The van der Waals surface area contributed by atoms with Crippen LogP contribution in [0, 0.1) is 11.3 Å². The number of ketones is 1. The maximum Gasteiger partial charge on any atom is 0.416 e. The molecule has 190 valence electrons. The van der Waals surface area contributed by atoms with Gasteiger partial charge in [-0.3, -0.25) is 9.78 Å². The molecule has 3 nitrogen and oxygen atoms in total. The number of fused-ring (bicyclic) bond motifs is 1. The summed E-state index contributed by atoms with van der Waals surface area (Å²) in [7, 11) is 0. The molecule has 2 fully saturated rings. The van der Waals surface area contributed by atoms with E-state index < -0.39 is 17.8 Å². The maximum absolute atomic E-state index is 13.1. The van der Waals surface area contributed by atoms with E-state index in [1.54, 1.807) is 6.20 Å². The van der Waals surface area contributed by atoms with Crippen molar-refractivity contribution in [2.75, 3.05) is 0 Å². The monoisotopic (exact) mass is 487 g/mol. The Labute approximate surface area is 206 Å². The van der Waals surface area contributed by atoms with E-state index in [0.29, 0.717) is 18.4 Å². The van der Waals surface area contributed by atoms with Gasteiger partial charge in [-0.2, -0.15) is 13.2 Å². The van der Waals surface area contributed by atoms with Gasteiger partial charge in [-0.15, -0.1) is 0 Å². The van der Waals surface area contributed by atoms with Gasteiger partial charge in [0, 0.05) is 28.6 Å². The lowest BCUT2D eigenvalue weighted by Gasteiger charge is -2.47. The predicted octanol–water partition coefficient (Wildman–Crippen LogP) is 7.63. The third-order valence-corrected chi connectivity index (χ3v) is 8.09. The van der Waals surface area contributed by atoms with E-state index in [1.807, 2.05) is 6.92 Å². The molecular weight excluding hydrogens is 451 g/mol. The number of aromatic nitrogens is 1. The van der Waals surface area contributed by atoms with Crippen LogP contribution in [-0.4, -0.2) is 15.9 Å². The Hall–Kier alpha value is -2.21. The number of halogens is 3. The van der Waals surface area contributed by atoms with Crippen molar-refractivity contribution in [1.82, 2.24) is 4.98 Å². The first-order valence-corrected chi connectivity index (χ1v) is 13.0. The maximum atomic E-state index is 13.1. The first-order chi connectivity index (χ1) is 16.6.